The van der Waals surface area contributed by atoms with E-state index >= 15 is 0 Å². The Morgan fingerprint density at radius 3 is 2.73 bits per heavy atom. The summed E-state index contributed by atoms with van der Waals surface area (Å²) in [5.74, 6) is 1.86. The number of piperidine rings is 1. The Balaban J connectivity index is 0.00000243. The van der Waals surface area contributed by atoms with Crippen LogP contribution in [0.25, 0.3) is 0 Å². The molecule has 26 heavy (non-hydrogen) atoms. The number of fused-ring (bicyclic) bond motifs is 1. The van der Waals surface area contributed by atoms with E-state index in [0.717, 1.165) is 11.7 Å². The van der Waals surface area contributed by atoms with Crippen LogP contribution in [0.15, 0.2) is 24.3 Å². The van der Waals surface area contributed by atoms with Crippen LogP contribution in [0.3, 0.4) is 0 Å². The van der Waals surface area contributed by atoms with E-state index in [1.165, 1.54) is 89.4 Å². The number of nitrogens with zero attached hydrogens (tertiary/aromatic N) is 1. The van der Waals surface area contributed by atoms with Gasteiger partial charge in [-0.2, -0.15) is 0 Å². The van der Waals surface area contributed by atoms with Crippen molar-refractivity contribution in [2.75, 3.05) is 26.7 Å². The van der Waals surface area contributed by atoms with Crippen LogP contribution in [-0.4, -0.2) is 31.6 Å². The smallest absolute Gasteiger partial charge is 0.119 e. The van der Waals surface area contributed by atoms with Gasteiger partial charge in [0.05, 0.1) is 7.11 Å². The number of halogens is 1. The highest BCUT2D eigenvalue weighted by atomic mass is 79.9. The van der Waals surface area contributed by atoms with Gasteiger partial charge in [-0.25, -0.2) is 0 Å². The maximum absolute atomic E-state index is 5.49. The van der Waals surface area contributed by atoms with Crippen molar-refractivity contribution >= 4 is 17.0 Å². The zero-order chi connectivity index (χ0) is 17.5. The molecule has 1 heterocycles. The molecule has 1 saturated carbocycles. The predicted octanol–water partition coefficient (Wildman–Crippen LogP) is 6.38. The third-order valence-corrected chi connectivity index (χ3v) is 6.78. The third kappa shape index (κ3) is 5.04. The number of likely N-dealkylation sites (tertiary alicyclic amines) is 1. The van der Waals surface area contributed by atoms with Crippen LogP contribution in [0.4, 0.5) is 0 Å². The van der Waals surface area contributed by atoms with Crippen molar-refractivity contribution in [1.82, 2.24) is 4.90 Å². The van der Waals surface area contributed by atoms with E-state index in [1.54, 1.807) is 7.11 Å². The molecular weight excluding hydrogens is 386 g/mol. The SMILES string of the molecule is Br.CCCCCCCCN1CCC2(c3cccc(OC)c3)CCCC2C1. The van der Waals surface area contributed by atoms with E-state index in [4.69, 9.17) is 4.74 Å². The molecule has 0 amide bonds. The van der Waals surface area contributed by atoms with Crippen molar-refractivity contribution < 1.29 is 4.74 Å². The van der Waals surface area contributed by atoms with E-state index < -0.39 is 0 Å². The number of hydrogen-bond donors (Lipinski definition) is 0. The number of unbranched alkanes of at least 4 members (excludes halogenated alkanes) is 5. The maximum atomic E-state index is 5.49. The molecule has 1 aliphatic heterocycles. The molecule has 0 radical (unpaired) electrons. The van der Waals surface area contributed by atoms with Gasteiger partial charge in [0.2, 0.25) is 0 Å². The second kappa shape index (κ2) is 10.7. The molecule has 2 aliphatic rings. The minimum atomic E-state index is 0. The van der Waals surface area contributed by atoms with Crippen LogP contribution < -0.4 is 4.74 Å². The molecule has 1 aromatic rings. The number of hydrogen-bond acceptors (Lipinski definition) is 2. The Hall–Kier alpha value is -0.540. The molecule has 3 rings (SSSR count). The van der Waals surface area contributed by atoms with E-state index in [0.29, 0.717) is 5.41 Å². The standard InChI is InChI=1S/C23H37NO.BrH/c1-3-4-5-6-7-8-16-24-17-15-23(14-10-12-21(23)19-24)20-11-9-13-22(18-20)25-2;/h9,11,13,18,21H,3-8,10,12,14-17,19H2,1-2H3;1H. The fraction of sp³-hybridized carbons (Fsp3) is 0.739. The van der Waals surface area contributed by atoms with Gasteiger partial charge in [0.25, 0.3) is 0 Å². The number of ether oxygens (including phenoxy) is 1. The first-order valence-corrected chi connectivity index (χ1v) is 10.7. The molecule has 1 aliphatic carbocycles. The lowest BCUT2D eigenvalue weighted by atomic mass is 9.67. The summed E-state index contributed by atoms with van der Waals surface area (Å²) >= 11 is 0. The zero-order valence-electron chi connectivity index (χ0n) is 16.8. The second-order valence-corrected chi connectivity index (χ2v) is 8.30. The number of rotatable bonds is 9. The highest BCUT2D eigenvalue weighted by molar-refractivity contribution is 8.93. The molecule has 0 N–H and O–H groups in total. The van der Waals surface area contributed by atoms with Gasteiger partial charge < -0.3 is 9.64 Å². The molecule has 148 valence electrons. The molecule has 0 aromatic heterocycles. The average molecular weight is 424 g/mol. The van der Waals surface area contributed by atoms with Crippen LogP contribution >= 0.6 is 17.0 Å². The molecule has 1 saturated heterocycles. The van der Waals surface area contributed by atoms with Crippen molar-refractivity contribution in [3.05, 3.63) is 29.8 Å². The van der Waals surface area contributed by atoms with Crippen molar-refractivity contribution in [3.63, 3.8) is 0 Å². The van der Waals surface area contributed by atoms with Crippen LogP contribution in [-0.2, 0) is 5.41 Å². The summed E-state index contributed by atoms with van der Waals surface area (Å²) in [6.07, 6.45) is 13.9. The maximum Gasteiger partial charge on any atom is 0.119 e. The lowest BCUT2D eigenvalue weighted by Gasteiger charge is -2.45. The van der Waals surface area contributed by atoms with Crippen molar-refractivity contribution in [2.45, 2.75) is 76.5 Å². The summed E-state index contributed by atoms with van der Waals surface area (Å²) in [5, 5.41) is 0. The Morgan fingerprint density at radius 2 is 1.92 bits per heavy atom. The van der Waals surface area contributed by atoms with Gasteiger partial charge in [-0.05, 0) is 62.4 Å². The Kier molecular flexibility index (Phi) is 8.96. The van der Waals surface area contributed by atoms with Crippen molar-refractivity contribution in [3.8, 4) is 5.75 Å². The van der Waals surface area contributed by atoms with E-state index in [-0.39, 0.29) is 17.0 Å². The van der Waals surface area contributed by atoms with Crippen molar-refractivity contribution in [1.29, 1.82) is 0 Å². The molecule has 2 unspecified atom stereocenters. The predicted molar refractivity (Wildman–Crippen MR) is 117 cm³/mol. The molecule has 3 heteroatoms. The summed E-state index contributed by atoms with van der Waals surface area (Å²) < 4.78 is 5.49. The summed E-state index contributed by atoms with van der Waals surface area (Å²) in [6.45, 7) is 6.20. The highest BCUT2D eigenvalue weighted by Crippen LogP contribution is 2.51. The largest absolute Gasteiger partial charge is 0.497 e. The van der Waals surface area contributed by atoms with Gasteiger partial charge in [0.15, 0.2) is 0 Å². The first kappa shape index (κ1) is 21.8. The normalized spacial score (nSPS) is 25.5. The first-order chi connectivity index (χ1) is 12.3. The quantitative estimate of drug-likeness (QED) is 0.427. The zero-order valence-corrected chi connectivity index (χ0v) is 18.6. The summed E-state index contributed by atoms with van der Waals surface area (Å²) in [4.78, 5) is 2.76. The lowest BCUT2D eigenvalue weighted by Crippen LogP contribution is -2.47. The van der Waals surface area contributed by atoms with Gasteiger partial charge >= 0.3 is 0 Å². The molecule has 1 aromatic carbocycles. The molecule has 2 nitrogen and oxygen atoms in total. The Morgan fingerprint density at radius 1 is 1.12 bits per heavy atom. The van der Waals surface area contributed by atoms with Crippen LogP contribution in [0.5, 0.6) is 5.75 Å². The molecule has 0 bridgehead atoms. The number of benzene rings is 1. The van der Waals surface area contributed by atoms with Gasteiger partial charge in [-0.1, -0.05) is 57.6 Å². The Labute approximate surface area is 171 Å². The van der Waals surface area contributed by atoms with Gasteiger partial charge in [0, 0.05) is 12.0 Å². The van der Waals surface area contributed by atoms with E-state index in [1.807, 2.05) is 0 Å². The average Bonchev–Trinajstić information content (AvgIpc) is 3.09. The topological polar surface area (TPSA) is 12.5 Å². The van der Waals surface area contributed by atoms with Crippen LogP contribution in [0.2, 0.25) is 0 Å². The molecule has 2 atom stereocenters. The minimum absolute atomic E-state index is 0. The highest BCUT2D eigenvalue weighted by Gasteiger charge is 2.47. The molecular formula is C23H38BrNO. The van der Waals surface area contributed by atoms with E-state index in [2.05, 4.69) is 36.1 Å². The van der Waals surface area contributed by atoms with Gasteiger partial charge in [-0.15, -0.1) is 17.0 Å². The minimum Gasteiger partial charge on any atom is -0.497 e. The van der Waals surface area contributed by atoms with Gasteiger partial charge in [-0.3, -0.25) is 0 Å². The molecule has 0 spiro atoms. The lowest BCUT2D eigenvalue weighted by molar-refractivity contribution is 0.109. The second-order valence-electron chi connectivity index (χ2n) is 8.30. The molecule has 2 fully saturated rings. The fourth-order valence-corrected chi connectivity index (χ4v) is 5.28. The summed E-state index contributed by atoms with van der Waals surface area (Å²) in [5.41, 5.74) is 1.96. The fourth-order valence-electron chi connectivity index (χ4n) is 5.28. The van der Waals surface area contributed by atoms with Crippen LogP contribution in [0, 0.1) is 5.92 Å². The van der Waals surface area contributed by atoms with Crippen molar-refractivity contribution in [2.24, 2.45) is 5.92 Å². The first-order valence-electron chi connectivity index (χ1n) is 10.7. The van der Waals surface area contributed by atoms with E-state index in [9.17, 15) is 0 Å². The third-order valence-electron chi connectivity index (χ3n) is 6.78. The van der Waals surface area contributed by atoms with Gasteiger partial charge in [0.1, 0.15) is 5.75 Å². The number of methoxy groups -OCH3 is 1. The van der Waals surface area contributed by atoms with Crippen LogP contribution in [0.1, 0.15) is 76.7 Å². The summed E-state index contributed by atoms with van der Waals surface area (Å²) in [6, 6.07) is 8.92. The Bertz CT molecular complexity index is 535. The summed E-state index contributed by atoms with van der Waals surface area (Å²) in [7, 11) is 1.78. The monoisotopic (exact) mass is 423 g/mol.